The first-order valence-electron chi connectivity index (χ1n) is 7.41. The number of benzene rings is 1. The minimum atomic E-state index is -0.423. The average Bonchev–Trinajstić information content (AvgIpc) is 3.26. The van der Waals surface area contributed by atoms with Crippen molar-refractivity contribution < 1.29 is 14.0 Å². The highest BCUT2D eigenvalue weighted by atomic mass is 32.1. The molecule has 7 heteroatoms. The second-order valence-electron chi connectivity index (χ2n) is 5.34. The van der Waals surface area contributed by atoms with E-state index in [2.05, 4.69) is 10.9 Å². The molecule has 0 aliphatic carbocycles. The first-order chi connectivity index (χ1) is 11.6. The van der Waals surface area contributed by atoms with Gasteiger partial charge in [-0.2, -0.15) is 0 Å². The van der Waals surface area contributed by atoms with E-state index in [4.69, 9.17) is 4.42 Å². The van der Waals surface area contributed by atoms with Gasteiger partial charge in [0.05, 0.1) is 10.9 Å². The van der Waals surface area contributed by atoms with Crippen LogP contribution in [0, 0.1) is 0 Å². The average molecular weight is 343 g/mol. The molecule has 2 N–H and O–H groups in total. The number of hydrogen-bond acceptors (Lipinski definition) is 4. The van der Waals surface area contributed by atoms with Gasteiger partial charge in [-0.1, -0.05) is 24.3 Å². The standard InChI is InChI=1S/C17H17N3O3S/c1-11(14-10-12-6-3-4-7-13(12)23-14)20(2)17(22)19-18-16(21)15-8-5-9-24-15/h3-11H,1-2H3,(H,18,21)(H,19,22)/t11-/m1/s1. The normalized spacial score (nSPS) is 11.9. The molecule has 0 aliphatic rings. The summed E-state index contributed by atoms with van der Waals surface area (Å²) in [7, 11) is 1.64. The highest BCUT2D eigenvalue weighted by Crippen LogP contribution is 2.26. The molecule has 124 valence electrons. The summed E-state index contributed by atoms with van der Waals surface area (Å²) < 4.78 is 5.78. The molecule has 2 aromatic heterocycles. The maximum Gasteiger partial charge on any atom is 0.336 e. The summed E-state index contributed by atoms with van der Waals surface area (Å²) in [6, 6.07) is 12.3. The molecular weight excluding hydrogens is 326 g/mol. The number of carbonyl (C=O) groups is 2. The molecule has 1 aromatic carbocycles. The molecule has 3 amide bonds. The Kier molecular flexibility index (Phi) is 4.52. The number of hydrazine groups is 1. The van der Waals surface area contributed by atoms with Gasteiger partial charge in [0.1, 0.15) is 11.3 Å². The van der Waals surface area contributed by atoms with E-state index in [1.165, 1.54) is 16.2 Å². The summed E-state index contributed by atoms with van der Waals surface area (Å²) in [4.78, 5) is 26.0. The van der Waals surface area contributed by atoms with E-state index in [9.17, 15) is 9.59 Å². The molecule has 0 fully saturated rings. The molecule has 0 spiro atoms. The van der Waals surface area contributed by atoms with Gasteiger partial charge in [-0.05, 0) is 30.5 Å². The van der Waals surface area contributed by atoms with Crippen molar-refractivity contribution in [1.29, 1.82) is 0 Å². The lowest BCUT2D eigenvalue weighted by molar-refractivity contribution is 0.0932. The van der Waals surface area contributed by atoms with Crippen molar-refractivity contribution in [2.75, 3.05) is 7.05 Å². The number of urea groups is 1. The Morgan fingerprint density at radius 2 is 1.96 bits per heavy atom. The Morgan fingerprint density at radius 3 is 2.67 bits per heavy atom. The first kappa shape index (κ1) is 16.1. The van der Waals surface area contributed by atoms with E-state index in [1.54, 1.807) is 24.6 Å². The molecule has 3 rings (SSSR count). The number of para-hydroxylation sites is 1. The fourth-order valence-corrected chi connectivity index (χ4v) is 2.86. The summed E-state index contributed by atoms with van der Waals surface area (Å²) in [5.41, 5.74) is 5.58. The van der Waals surface area contributed by atoms with Crippen molar-refractivity contribution in [2.24, 2.45) is 0 Å². The third-order valence-electron chi connectivity index (χ3n) is 3.79. The maximum absolute atomic E-state index is 12.2. The van der Waals surface area contributed by atoms with Gasteiger partial charge in [-0.3, -0.25) is 10.2 Å². The van der Waals surface area contributed by atoms with Crippen LogP contribution in [-0.2, 0) is 0 Å². The van der Waals surface area contributed by atoms with Crippen LogP contribution in [-0.4, -0.2) is 23.9 Å². The van der Waals surface area contributed by atoms with Crippen molar-refractivity contribution in [2.45, 2.75) is 13.0 Å². The molecule has 3 aromatic rings. The van der Waals surface area contributed by atoms with Crippen molar-refractivity contribution in [1.82, 2.24) is 15.8 Å². The molecule has 2 heterocycles. The Bertz CT molecular complexity index is 824. The molecule has 6 nitrogen and oxygen atoms in total. The SMILES string of the molecule is C[C@H](c1cc2ccccc2o1)N(C)C(=O)NNC(=O)c1cccs1. The molecule has 0 saturated heterocycles. The smallest absolute Gasteiger partial charge is 0.336 e. The van der Waals surface area contributed by atoms with Crippen LogP contribution >= 0.6 is 11.3 Å². The molecular formula is C17H17N3O3S. The Labute approximate surface area is 143 Å². The number of amides is 3. The topological polar surface area (TPSA) is 74.6 Å². The molecule has 0 saturated carbocycles. The first-order valence-corrected chi connectivity index (χ1v) is 8.29. The van der Waals surface area contributed by atoms with Crippen LogP contribution in [0.4, 0.5) is 4.79 Å². The highest BCUT2D eigenvalue weighted by Gasteiger charge is 2.21. The predicted molar refractivity (Wildman–Crippen MR) is 92.7 cm³/mol. The molecule has 0 radical (unpaired) electrons. The second kappa shape index (κ2) is 6.76. The molecule has 0 aliphatic heterocycles. The Balaban J connectivity index is 1.63. The largest absolute Gasteiger partial charge is 0.459 e. The van der Waals surface area contributed by atoms with Gasteiger partial charge in [0, 0.05) is 12.4 Å². The van der Waals surface area contributed by atoms with Crippen LogP contribution in [0.2, 0.25) is 0 Å². The Hall–Kier alpha value is -2.80. The van der Waals surface area contributed by atoms with Crippen molar-refractivity contribution >= 4 is 34.2 Å². The second-order valence-corrected chi connectivity index (χ2v) is 6.28. The molecule has 0 bridgehead atoms. The Morgan fingerprint density at radius 1 is 1.17 bits per heavy atom. The monoisotopic (exact) mass is 343 g/mol. The van der Waals surface area contributed by atoms with E-state index in [0.717, 1.165) is 11.0 Å². The molecule has 0 unspecified atom stereocenters. The minimum Gasteiger partial charge on any atom is -0.459 e. The predicted octanol–water partition coefficient (Wildman–Crippen LogP) is 3.54. The zero-order chi connectivity index (χ0) is 17.1. The molecule has 24 heavy (non-hydrogen) atoms. The quantitative estimate of drug-likeness (QED) is 0.714. The number of furan rings is 1. The van der Waals surface area contributed by atoms with E-state index >= 15 is 0 Å². The van der Waals surface area contributed by atoms with Crippen LogP contribution in [0.15, 0.2) is 52.3 Å². The van der Waals surface area contributed by atoms with Gasteiger partial charge in [-0.25, -0.2) is 10.2 Å². The highest BCUT2D eigenvalue weighted by molar-refractivity contribution is 7.12. The van der Waals surface area contributed by atoms with Gasteiger partial charge in [0.2, 0.25) is 0 Å². The van der Waals surface area contributed by atoms with E-state index in [1.807, 2.05) is 37.3 Å². The summed E-state index contributed by atoms with van der Waals surface area (Å²) in [5.74, 6) is 0.335. The fourth-order valence-electron chi connectivity index (χ4n) is 2.24. The van der Waals surface area contributed by atoms with Crippen LogP contribution in [0.3, 0.4) is 0 Å². The third-order valence-corrected chi connectivity index (χ3v) is 4.65. The fraction of sp³-hybridized carbons (Fsp3) is 0.176. The van der Waals surface area contributed by atoms with Gasteiger partial charge in [0.15, 0.2) is 0 Å². The zero-order valence-corrected chi connectivity index (χ0v) is 14.1. The van der Waals surface area contributed by atoms with Gasteiger partial charge in [-0.15, -0.1) is 11.3 Å². The number of carbonyl (C=O) groups excluding carboxylic acids is 2. The number of nitrogens with zero attached hydrogens (tertiary/aromatic N) is 1. The van der Waals surface area contributed by atoms with Crippen LogP contribution in [0.1, 0.15) is 28.4 Å². The molecule has 1 atom stereocenters. The third kappa shape index (κ3) is 3.26. The lowest BCUT2D eigenvalue weighted by atomic mass is 10.2. The van der Waals surface area contributed by atoms with E-state index in [-0.39, 0.29) is 11.9 Å². The van der Waals surface area contributed by atoms with E-state index < -0.39 is 6.03 Å². The summed E-state index contributed by atoms with van der Waals surface area (Å²) in [6.07, 6.45) is 0. The lowest BCUT2D eigenvalue weighted by Gasteiger charge is -2.23. The van der Waals surface area contributed by atoms with Gasteiger partial charge in [0.25, 0.3) is 5.91 Å². The number of hydrogen-bond donors (Lipinski definition) is 2. The maximum atomic E-state index is 12.2. The number of fused-ring (bicyclic) bond motifs is 1. The number of nitrogens with one attached hydrogen (secondary N) is 2. The lowest BCUT2D eigenvalue weighted by Crippen LogP contribution is -2.48. The van der Waals surface area contributed by atoms with Gasteiger partial charge < -0.3 is 9.32 Å². The van der Waals surface area contributed by atoms with E-state index in [0.29, 0.717) is 10.6 Å². The number of thiophene rings is 1. The number of rotatable bonds is 3. The van der Waals surface area contributed by atoms with Crippen molar-refractivity contribution in [3.05, 3.63) is 58.5 Å². The van der Waals surface area contributed by atoms with Gasteiger partial charge >= 0.3 is 6.03 Å². The van der Waals surface area contributed by atoms with Crippen molar-refractivity contribution in [3.63, 3.8) is 0 Å². The van der Waals surface area contributed by atoms with Crippen LogP contribution in [0.5, 0.6) is 0 Å². The zero-order valence-electron chi connectivity index (χ0n) is 13.3. The van der Waals surface area contributed by atoms with Crippen molar-refractivity contribution in [3.8, 4) is 0 Å². The van der Waals surface area contributed by atoms with Crippen LogP contribution in [0.25, 0.3) is 11.0 Å². The summed E-state index contributed by atoms with van der Waals surface area (Å²) in [6.45, 7) is 1.86. The minimum absolute atomic E-state index is 0.281. The summed E-state index contributed by atoms with van der Waals surface area (Å²) >= 11 is 1.30. The summed E-state index contributed by atoms with van der Waals surface area (Å²) in [5, 5.41) is 2.78. The van der Waals surface area contributed by atoms with Crippen LogP contribution < -0.4 is 10.9 Å².